The zero-order valence-corrected chi connectivity index (χ0v) is 20.2. The number of benzene rings is 1. The van der Waals surface area contributed by atoms with Crippen LogP contribution in [0.15, 0.2) is 48.0 Å². The number of para-hydroxylation sites is 1. The summed E-state index contributed by atoms with van der Waals surface area (Å²) < 4.78 is 0. The van der Waals surface area contributed by atoms with Crippen LogP contribution in [0.4, 0.5) is 0 Å². The second-order valence-electron chi connectivity index (χ2n) is 8.56. The highest BCUT2D eigenvalue weighted by Crippen LogP contribution is 2.29. The Balaban J connectivity index is 1.32. The molecule has 1 saturated heterocycles. The van der Waals surface area contributed by atoms with Crippen molar-refractivity contribution in [2.75, 3.05) is 39.3 Å². The van der Waals surface area contributed by atoms with Crippen molar-refractivity contribution in [3.63, 3.8) is 0 Å². The van der Waals surface area contributed by atoms with Crippen LogP contribution in [-0.4, -0.2) is 71.9 Å². The summed E-state index contributed by atoms with van der Waals surface area (Å²) in [4.78, 5) is 34.5. The molecule has 1 aliphatic rings. The van der Waals surface area contributed by atoms with E-state index in [4.69, 9.17) is 0 Å². The number of carbonyl (C=O) groups excluding carboxylic acids is 2. The Morgan fingerprint density at radius 2 is 1.88 bits per heavy atom. The molecule has 0 bridgehead atoms. The van der Waals surface area contributed by atoms with E-state index in [-0.39, 0.29) is 12.1 Å². The standard InChI is InChI=1S/C25H33N5O2S/c1-3-29-12-14-30(15-13-29)23(22-9-6-16-33-22)18(2)28-25(32)24(31)26-11-10-19-17-27-21-8-5-4-7-20(19)21/h4-9,16-18,23,27H,3,10-15H2,1-2H3,(H,26,31)(H,28,32)/t18-,23+/m1/s1. The van der Waals surface area contributed by atoms with Crippen LogP contribution in [0.3, 0.4) is 0 Å². The fraction of sp³-hybridized carbons (Fsp3) is 0.440. The highest BCUT2D eigenvalue weighted by atomic mass is 32.1. The van der Waals surface area contributed by atoms with Gasteiger partial charge in [0, 0.05) is 60.7 Å². The molecule has 8 heteroatoms. The van der Waals surface area contributed by atoms with Crippen LogP contribution >= 0.6 is 11.3 Å². The molecular formula is C25H33N5O2S. The quantitative estimate of drug-likeness (QED) is 0.445. The lowest BCUT2D eigenvalue weighted by atomic mass is 10.0. The molecule has 1 aliphatic heterocycles. The van der Waals surface area contributed by atoms with Crippen molar-refractivity contribution in [3.05, 3.63) is 58.4 Å². The molecule has 2 aromatic heterocycles. The normalized spacial score (nSPS) is 17.0. The molecule has 3 aromatic rings. The molecule has 7 nitrogen and oxygen atoms in total. The Bertz CT molecular complexity index is 1060. The zero-order chi connectivity index (χ0) is 23.2. The summed E-state index contributed by atoms with van der Waals surface area (Å²) in [6, 6.07) is 12.1. The van der Waals surface area contributed by atoms with Gasteiger partial charge in [0.2, 0.25) is 0 Å². The van der Waals surface area contributed by atoms with E-state index in [2.05, 4.69) is 49.9 Å². The number of hydrogen-bond acceptors (Lipinski definition) is 5. The molecule has 176 valence electrons. The van der Waals surface area contributed by atoms with Crippen molar-refractivity contribution >= 4 is 34.1 Å². The van der Waals surface area contributed by atoms with Crippen LogP contribution in [-0.2, 0) is 16.0 Å². The lowest BCUT2D eigenvalue weighted by Crippen LogP contribution is -2.53. The second kappa shape index (κ2) is 11.0. The number of carbonyl (C=O) groups is 2. The van der Waals surface area contributed by atoms with Crippen molar-refractivity contribution in [3.8, 4) is 0 Å². The molecule has 4 rings (SSSR count). The molecule has 1 fully saturated rings. The van der Waals surface area contributed by atoms with Crippen LogP contribution in [0, 0.1) is 0 Å². The van der Waals surface area contributed by atoms with E-state index in [1.807, 2.05) is 37.4 Å². The van der Waals surface area contributed by atoms with E-state index >= 15 is 0 Å². The van der Waals surface area contributed by atoms with E-state index in [1.54, 1.807) is 11.3 Å². The fourth-order valence-corrected chi connectivity index (χ4v) is 5.60. The summed E-state index contributed by atoms with van der Waals surface area (Å²) in [5.74, 6) is -1.15. The number of fused-ring (bicyclic) bond motifs is 1. The van der Waals surface area contributed by atoms with Crippen molar-refractivity contribution in [2.45, 2.75) is 32.4 Å². The maximum absolute atomic E-state index is 12.7. The first-order chi connectivity index (χ1) is 16.1. The summed E-state index contributed by atoms with van der Waals surface area (Å²) in [6.45, 7) is 9.60. The third kappa shape index (κ3) is 5.63. The number of rotatable bonds is 8. The molecule has 33 heavy (non-hydrogen) atoms. The first-order valence-electron chi connectivity index (χ1n) is 11.7. The number of amides is 2. The molecule has 1 aromatic carbocycles. The number of nitrogens with zero attached hydrogens (tertiary/aromatic N) is 2. The maximum atomic E-state index is 12.7. The third-order valence-electron chi connectivity index (χ3n) is 6.48. The highest BCUT2D eigenvalue weighted by molar-refractivity contribution is 7.10. The van der Waals surface area contributed by atoms with Gasteiger partial charge in [-0.2, -0.15) is 0 Å². The number of aromatic amines is 1. The average Bonchev–Trinajstić information content (AvgIpc) is 3.50. The number of hydrogen-bond donors (Lipinski definition) is 3. The van der Waals surface area contributed by atoms with Gasteiger partial charge in [0.05, 0.1) is 6.04 Å². The van der Waals surface area contributed by atoms with Crippen molar-refractivity contribution in [1.82, 2.24) is 25.4 Å². The van der Waals surface area contributed by atoms with Crippen LogP contribution in [0.2, 0.25) is 0 Å². The summed E-state index contributed by atoms with van der Waals surface area (Å²) in [5, 5.41) is 8.94. The summed E-state index contributed by atoms with van der Waals surface area (Å²) in [6.07, 6.45) is 2.63. The van der Waals surface area contributed by atoms with Gasteiger partial charge in [-0.1, -0.05) is 31.2 Å². The van der Waals surface area contributed by atoms with Gasteiger partial charge in [-0.15, -0.1) is 11.3 Å². The molecule has 0 spiro atoms. The Labute approximate surface area is 199 Å². The van der Waals surface area contributed by atoms with Crippen LogP contribution in [0.5, 0.6) is 0 Å². The Hall–Kier alpha value is -2.68. The number of likely N-dealkylation sites (N-methyl/N-ethyl adjacent to an activating group) is 1. The van der Waals surface area contributed by atoms with E-state index in [0.29, 0.717) is 13.0 Å². The van der Waals surface area contributed by atoms with Crippen molar-refractivity contribution in [1.29, 1.82) is 0 Å². The first kappa shape index (κ1) is 23.5. The van der Waals surface area contributed by atoms with Crippen LogP contribution in [0.1, 0.15) is 30.3 Å². The molecule has 0 saturated carbocycles. The first-order valence-corrected chi connectivity index (χ1v) is 12.6. The van der Waals surface area contributed by atoms with E-state index in [0.717, 1.165) is 49.2 Å². The predicted molar refractivity (Wildman–Crippen MR) is 133 cm³/mol. The summed E-state index contributed by atoms with van der Waals surface area (Å²) in [7, 11) is 0. The second-order valence-corrected chi connectivity index (χ2v) is 9.54. The van der Waals surface area contributed by atoms with Gasteiger partial charge < -0.3 is 20.5 Å². The lowest BCUT2D eigenvalue weighted by Gasteiger charge is -2.41. The monoisotopic (exact) mass is 467 g/mol. The number of aromatic nitrogens is 1. The summed E-state index contributed by atoms with van der Waals surface area (Å²) >= 11 is 1.70. The van der Waals surface area contributed by atoms with Gasteiger partial charge in [-0.05, 0) is 43.0 Å². The molecule has 3 heterocycles. The smallest absolute Gasteiger partial charge is 0.309 e. The minimum atomic E-state index is -0.581. The molecule has 0 unspecified atom stereocenters. The number of nitrogens with one attached hydrogen (secondary N) is 3. The molecule has 0 aliphatic carbocycles. The van der Waals surface area contributed by atoms with Gasteiger partial charge >= 0.3 is 11.8 Å². The third-order valence-corrected chi connectivity index (χ3v) is 7.42. The van der Waals surface area contributed by atoms with E-state index in [1.165, 1.54) is 4.88 Å². The predicted octanol–water partition coefficient (Wildman–Crippen LogP) is 2.77. The van der Waals surface area contributed by atoms with E-state index in [9.17, 15) is 9.59 Å². The minimum Gasteiger partial charge on any atom is -0.361 e. The van der Waals surface area contributed by atoms with Gasteiger partial charge in [-0.3, -0.25) is 14.5 Å². The number of H-pyrrole nitrogens is 1. The molecule has 2 amide bonds. The molecule has 3 N–H and O–H groups in total. The van der Waals surface area contributed by atoms with Crippen molar-refractivity contribution in [2.24, 2.45) is 0 Å². The zero-order valence-electron chi connectivity index (χ0n) is 19.3. The molecule has 2 atom stereocenters. The largest absolute Gasteiger partial charge is 0.361 e. The van der Waals surface area contributed by atoms with Gasteiger partial charge in [-0.25, -0.2) is 0 Å². The topological polar surface area (TPSA) is 80.5 Å². The highest BCUT2D eigenvalue weighted by Gasteiger charge is 2.31. The van der Waals surface area contributed by atoms with Crippen LogP contribution in [0.25, 0.3) is 10.9 Å². The fourth-order valence-electron chi connectivity index (χ4n) is 4.64. The number of piperazine rings is 1. The number of thiophene rings is 1. The van der Waals surface area contributed by atoms with Crippen molar-refractivity contribution < 1.29 is 9.59 Å². The average molecular weight is 468 g/mol. The molecule has 0 radical (unpaired) electrons. The Kier molecular flexibility index (Phi) is 7.80. The maximum Gasteiger partial charge on any atom is 0.309 e. The van der Waals surface area contributed by atoms with Gasteiger partial charge in [0.15, 0.2) is 0 Å². The lowest BCUT2D eigenvalue weighted by molar-refractivity contribution is -0.139. The van der Waals surface area contributed by atoms with Gasteiger partial charge in [0.1, 0.15) is 0 Å². The van der Waals surface area contributed by atoms with Crippen LogP contribution < -0.4 is 10.6 Å². The Morgan fingerprint density at radius 3 is 2.61 bits per heavy atom. The minimum absolute atomic E-state index is 0.0620. The SMILES string of the molecule is CCN1CCN([C@H](c2cccs2)[C@@H](C)NC(=O)C(=O)NCCc2c[nH]c3ccccc23)CC1. The molecular weight excluding hydrogens is 434 g/mol. The van der Waals surface area contributed by atoms with Gasteiger partial charge in [0.25, 0.3) is 0 Å². The Morgan fingerprint density at radius 1 is 1.09 bits per heavy atom. The summed E-state index contributed by atoms with van der Waals surface area (Å²) in [5.41, 5.74) is 2.20. The van der Waals surface area contributed by atoms with E-state index < -0.39 is 11.8 Å².